The second kappa shape index (κ2) is 6.08. The van der Waals surface area contributed by atoms with Gasteiger partial charge in [-0.1, -0.05) is 36.4 Å². The Hall–Kier alpha value is -1.61. The lowest BCUT2D eigenvalue weighted by atomic mass is 10.1. The number of hydrogen-bond donors (Lipinski definition) is 2. The van der Waals surface area contributed by atoms with E-state index in [4.69, 9.17) is 5.11 Å². The molecule has 0 saturated carbocycles. The average Bonchev–Trinajstić information content (AvgIpc) is 2.29. The lowest BCUT2D eigenvalue weighted by Crippen LogP contribution is -2.19. The van der Waals surface area contributed by atoms with E-state index in [0.29, 0.717) is 12.1 Å². The number of rotatable bonds is 5. The van der Waals surface area contributed by atoms with Gasteiger partial charge in [0.05, 0.1) is 0 Å². The monoisotopic (exact) mass is 219 g/mol. The standard InChI is InChI=1S/C13H17NO2/c1-10(13(15)16)8-9-14-11(2)12-6-4-3-5-7-12/h3-8,11,14H,9H2,1-2H3,(H,15,16). The predicted molar refractivity (Wildman–Crippen MR) is 64.3 cm³/mol. The van der Waals surface area contributed by atoms with Gasteiger partial charge in [0, 0.05) is 18.2 Å². The highest BCUT2D eigenvalue weighted by atomic mass is 16.4. The highest BCUT2D eigenvalue weighted by molar-refractivity contribution is 5.85. The molecule has 1 unspecified atom stereocenters. The Labute approximate surface area is 95.8 Å². The molecule has 0 saturated heterocycles. The summed E-state index contributed by atoms with van der Waals surface area (Å²) in [6.45, 7) is 4.21. The molecule has 0 aromatic heterocycles. The quantitative estimate of drug-likeness (QED) is 0.747. The van der Waals surface area contributed by atoms with Crippen LogP contribution < -0.4 is 5.32 Å². The minimum Gasteiger partial charge on any atom is -0.478 e. The van der Waals surface area contributed by atoms with Crippen molar-refractivity contribution in [3.05, 3.63) is 47.5 Å². The van der Waals surface area contributed by atoms with Gasteiger partial charge in [-0.2, -0.15) is 0 Å². The maximum atomic E-state index is 10.5. The van der Waals surface area contributed by atoms with Crippen LogP contribution in [-0.4, -0.2) is 17.6 Å². The molecule has 0 amide bonds. The van der Waals surface area contributed by atoms with Crippen LogP contribution in [0.5, 0.6) is 0 Å². The van der Waals surface area contributed by atoms with Crippen molar-refractivity contribution >= 4 is 5.97 Å². The third kappa shape index (κ3) is 3.87. The van der Waals surface area contributed by atoms with Gasteiger partial charge in [-0.25, -0.2) is 4.79 Å². The fraction of sp³-hybridized carbons (Fsp3) is 0.308. The molecular formula is C13H17NO2. The summed E-state index contributed by atoms with van der Waals surface area (Å²) in [6, 6.07) is 10.3. The van der Waals surface area contributed by atoms with Crippen LogP contribution in [0.1, 0.15) is 25.5 Å². The van der Waals surface area contributed by atoms with E-state index in [2.05, 4.69) is 12.2 Å². The zero-order valence-electron chi connectivity index (χ0n) is 9.60. The number of hydrogen-bond acceptors (Lipinski definition) is 2. The van der Waals surface area contributed by atoms with Gasteiger partial charge in [0.25, 0.3) is 0 Å². The molecule has 2 N–H and O–H groups in total. The van der Waals surface area contributed by atoms with E-state index < -0.39 is 5.97 Å². The molecule has 0 aliphatic heterocycles. The van der Waals surface area contributed by atoms with Crippen LogP contribution in [0.3, 0.4) is 0 Å². The SMILES string of the molecule is CC(=CCNC(C)c1ccccc1)C(=O)O. The van der Waals surface area contributed by atoms with E-state index in [9.17, 15) is 4.79 Å². The summed E-state index contributed by atoms with van der Waals surface area (Å²) < 4.78 is 0. The van der Waals surface area contributed by atoms with Gasteiger partial charge in [0.15, 0.2) is 0 Å². The van der Waals surface area contributed by atoms with Gasteiger partial charge in [0.2, 0.25) is 0 Å². The van der Waals surface area contributed by atoms with Crippen LogP contribution in [-0.2, 0) is 4.79 Å². The van der Waals surface area contributed by atoms with Crippen molar-refractivity contribution in [2.75, 3.05) is 6.54 Å². The minimum atomic E-state index is -0.867. The first-order valence-corrected chi connectivity index (χ1v) is 5.29. The highest BCUT2D eigenvalue weighted by Crippen LogP contribution is 2.10. The van der Waals surface area contributed by atoms with Gasteiger partial charge in [-0.05, 0) is 19.4 Å². The molecule has 1 aromatic carbocycles. The number of carbonyl (C=O) groups is 1. The molecule has 1 rings (SSSR count). The smallest absolute Gasteiger partial charge is 0.330 e. The Bertz CT molecular complexity index is 371. The molecule has 0 spiro atoms. The van der Waals surface area contributed by atoms with Crippen LogP contribution in [0, 0.1) is 0 Å². The van der Waals surface area contributed by atoms with Crippen molar-refractivity contribution in [3.8, 4) is 0 Å². The van der Waals surface area contributed by atoms with Crippen LogP contribution in [0.25, 0.3) is 0 Å². The van der Waals surface area contributed by atoms with E-state index >= 15 is 0 Å². The Morgan fingerprint density at radius 2 is 2.06 bits per heavy atom. The average molecular weight is 219 g/mol. The predicted octanol–water partition coefficient (Wildman–Crippen LogP) is 2.37. The lowest BCUT2D eigenvalue weighted by molar-refractivity contribution is -0.132. The molecule has 1 atom stereocenters. The van der Waals surface area contributed by atoms with E-state index in [0.717, 1.165) is 0 Å². The summed E-state index contributed by atoms with van der Waals surface area (Å²) in [5, 5.41) is 11.9. The third-order valence-electron chi connectivity index (χ3n) is 2.47. The molecule has 0 heterocycles. The van der Waals surface area contributed by atoms with Crippen LogP contribution >= 0.6 is 0 Å². The molecule has 3 heteroatoms. The second-order valence-electron chi connectivity index (χ2n) is 3.73. The van der Waals surface area contributed by atoms with Gasteiger partial charge in [-0.3, -0.25) is 0 Å². The molecule has 0 aliphatic rings. The number of carboxylic acid groups (broad SMARTS) is 1. The maximum Gasteiger partial charge on any atom is 0.330 e. The Morgan fingerprint density at radius 1 is 1.44 bits per heavy atom. The molecule has 1 aromatic rings. The molecule has 3 nitrogen and oxygen atoms in total. The first kappa shape index (κ1) is 12.5. The summed E-state index contributed by atoms with van der Waals surface area (Å²) in [4.78, 5) is 10.5. The number of aliphatic carboxylic acids is 1. The van der Waals surface area contributed by atoms with E-state index in [1.165, 1.54) is 5.56 Å². The normalized spacial score (nSPS) is 13.5. The molecule has 0 aliphatic carbocycles. The van der Waals surface area contributed by atoms with Gasteiger partial charge < -0.3 is 10.4 Å². The van der Waals surface area contributed by atoms with Gasteiger partial charge >= 0.3 is 5.97 Å². The summed E-state index contributed by atoms with van der Waals surface area (Å²) in [5.41, 5.74) is 1.57. The number of benzene rings is 1. The van der Waals surface area contributed by atoms with Crippen molar-refractivity contribution in [2.45, 2.75) is 19.9 Å². The van der Waals surface area contributed by atoms with E-state index in [1.54, 1.807) is 13.0 Å². The molecule has 0 fully saturated rings. The fourth-order valence-corrected chi connectivity index (χ4v) is 1.34. The lowest BCUT2D eigenvalue weighted by Gasteiger charge is -2.12. The van der Waals surface area contributed by atoms with Crippen molar-refractivity contribution < 1.29 is 9.90 Å². The Morgan fingerprint density at radius 3 is 2.62 bits per heavy atom. The van der Waals surface area contributed by atoms with E-state index in [-0.39, 0.29) is 6.04 Å². The summed E-state index contributed by atoms with van der Waals surface area (Å²) in [5.74, 6) is -0.867. The maximum absolute atomic E-state index is 10.5. The zero-order chi connectivity index (χ0) is 12.0. The fourth-order valence-electron chi connectivity index (χ4n) is 1.34. The van der Waals surface area contributed by atoms with Crippen molar-refractivity contribution in [1.29, 1.82) is 0 Å². The number of nitrogens with one attached hydrogen (secondary N) is 1. The van der Waals surface area contributed by atoms with Crippen LogP contribution in [0.2, 0.25) is 0 Å². The largest absolute Gasteiger partial charge is 0.478 e. The first-order valence-electron chi connectivity index (χ1n) is 5.29. The summed E-state index contributed by atoms with van der Waals surface area (Å²) >= 11 is 0. The van der Waals surface area contributed by atoms with Crippen molar-refractivity contribution in [2.24, 2.45) is 0 Å². The summed E-state index contributed by atoms with van der Waals surface area (Å²) in [6.07, 6.45) is 1.68. The Kier molecular flexibility index (Phi) is 4.73. The Balaban J connectivity index is 2.45. The zero-order valence-corrected chi connectivity index (χ0v) is 9.60. The van der Waals surface area contributed by atoms with Crippen LogP contribution in [0.15, 0.2) is 42.0 Å². The molecule has 86 valence electrons. The van der Waals surface area contributed by atoms with Gasteiger partial charge in [-0.15, -0.1) is 0 Å². The second-order valence-corrected chi connectivity index (χ2v) is 3.73. The number of carboxylic acids is 1. The highest BCUT2D eigenvalue weighted by Gasteiger charge is 2.03. The third-order valence-corrected chi connectivity index (χ3v) is 2.47. The van der Waals surface area contributed by atoms with Gasteiger partial charge in [0.1, 0.15) is 0 Å². The molecule has 16 heavy (non-hydrogen) atoms. The minimum absolute atomic E-state index is 0.221. The van der Waals surface area contributed by atoms with Crippen LogP contribution in [0.4, 0.5) is 0 Å². The molecule has 0 bridgehead atoms. The first-order chi connectivity index (χ1) is 7.61. The van der Waals surface area contributed by atoms with Crippen molar-refractivity contribution in [1.82, 2.24) is 5.32 Å². The molecular weight excluding hydrogens is 202 g/mol. The van der Waals surface area contributed by atoms with E-state index in [1.807, 2.05) is 30.3 Å². The summed E-state index contributed by atoms with van der Waals surface area (Å²) in [7, 11) is 0. The molecule has 0 radical (unpaired) electrons. The topological polar surface area (TPSA) is 49.3 Å². The van der Waals surface area contributed by atoms with Crippen molar-refractivity contribution in [3.63, 3.8) is 0 Å².